The molecule has 7 heteroatoms. The first-order chi connectivity index (χ1) is 10.1. The Labute approximate surface area is 127 Å². The number of aromatic nitrogens is 2. The van der Waals surface area contributed by atoms with Gasteiger partial charge in [0.25, 0.3) is 5.56 Å². The van der Waals surface area contributed by atoms with Gasteiger partial charge in [0, 0.05) is 16.7 Å². The lowest BCUT2D eigenvalue weighted by Crippen LogP contribution is -2.16. The average molecular weight is 349 g/mol. The lowest BCUT2D eigenvalue weighted by atomic mass is 10.4. The van der Waals surface area contributed by atoms with Crippen LogP contribution in [-0.4, -0.2) is 15.4 Å². The molecule has 0 N–H and O–H groups in total. The van der Waals surface area contributed by atoms with Crippen molar-refractivity contribution in [2.45, 2.75) is 6.61 Å². The molecule has 0 saturated heterocycles. The molecular weight excluding hydrogens is 340 g/mol. The average Bonchev–Trinajstić information content (AvgIpc) is 3.00. The van der Waals surface area contributed by atoms with Gasteiger partial charge < -0.3 is 9.15 Å². The number of fused-ring (bicyclic) bond motifs is 1. The Morgan fingerprint density at radius 3 is 3.00 bits per heavy atom. The fraction of sp³-hybridized carbons (Fsp3) is 0.0714. The summed E-state index contributed by atoms with van der Waals surface area (Å²) in [6, 6.07) is 7.90. The Kier molecular flexibility index (Phi) is 3.57. The molecule has 0 aliphatic rings. The van der Waals surface area contributed by atoms with Crippen LogP contribution in [0.15, 0.2) is 56.5 Å². The molecule has 21 heavy (non-hydrogen) atoms. The van der Waals surface area contributed by atoms with Gasteiger partial charge in [-0.15, -0.1) is 0 Å². The Morgan fingerprint density at radius 1 is 1.38 bits per heavy atom. The molecule has 0 bridgehead atoms. The molecule has 106 valence electrons. The van der Waals surface area contributed by atoms with E-state index in [2.05, 4.69) is 20.9 Å². The van der Waals surface area contributed by atoms with Crippen LogP contribution >= 0.6 is 15.9 Å². The van der Waals surface area contributed by atoms with Gasteiger partial charge in [0.1, 0.15) is 12.3 Å². The number of nitrogens with zero attached hydrogens (tertiary/aromatic N) is 2. The Hall–Kier alpha value is -2.41. The van der Waals surface area contributed by atoms with Crippen LogP contribution in [0.25, 0.3) is 5.65 Å². The van der Waals surface area contributed by atoms with Gasteiger partial charge >= 0.3 is 5.97 Å². The first-order valence-corrected chi connectivity index (χ1v) is 6.81. The molecule has 0 spiro atoms. The van der Waals surface area contributed by atoms with Crippen LogP contribution in [0.1, 0.15) is 16.2 Å². The number of furan rings is 1. The van der Waals surface area contributed by atoms with Crippen molar-refractivity contribution in [1.82, 2.24) is 9.38 Å². The fourth-order valence-electron chi connectivity index (χ4n) is 1.81. The minimum atomic E-state index is -0.599. The summed E-state index contributed by atoms with van der Waals surface area (Å²) in [5.41, 5.74) is 0.613. The minimum Gasteiger partial charge on any atom is -0.457 e. The molecule has 0 amide bonds. The highest BCUT2D eigenvalue weighted by atomic mass is 79.9. The van der Waals surface area contributed by atoms with Crippen molar-refractivity contribution in [3.05, 3.63) is 69.1 Å². The number of halogens is 1. The number of carbonyl (C=O) groups is 1. The molecule has 0 aromatic carbocycles. The van der Waals surface area contributed by atoms with Crippen LogP contribution in [0.2, 0.25) is 0 Å². The number of pyridine rings is 1. The molecule has 6 nitrogen and oxygen atoms in total. The van der Waals surface area contributed by atoms with Crippen molar-refractivity contribution < 1.29 is 13.9 Å². The summed E-state index contributed by atoms with van der Waals surface area (Å²) in [6.07, 6.45) is 3.01. The second kappa shape index (κ2) is 5.53. The van der Waals surface area contributed by atoms with Gasteiger partial charge in [-0.3, -0.25) is 9.20 Å². The van der Waals surface area contributed by atoms with E-state index in [4.69, 9.17) is 9.15 Å². The third-order valence-corrected chi connectivity index (χ3v) is 3.22. The van der Waals surface area contributed by atoms with E-state index in [1.54, 1.807) is 24.4 Å². The molecule has 3 aromatic rings. The lowest BCUT2D eigenvalue weighted by molar-refractivity contribution is 0.0431. The Balaban J connectivity index is 1.83. The van der Waals surface area contributed by atoms with Crippen molar-refractivity contribution in [2.75, 3.05) is 0 Å². The number of hydrogen-bond donors (Lipinski definition) is 0. The summed E-state index contributed by atoms with van der Waals surface area (Å²) in [7, 11) is 0. The van der Waals surface area contributed by atoms with Gasteiger partial charge in [0.15, 0.2) is 0 Å². The Morgan fingerprint density at radius 2 is 2.24 bits per heavy atom. The van der Waals surface area contributed by atoms with E-state index in [9.17, 15) is 9.59 Å². The van der Waals surface area contributed by atoms with E-state index in [0.717, 1.165) is 4.47 Å². The highest BCUT2D eigenvalue weighted by Crippen LogP contribution is 2.10. The topological polar surface area (TPSA) is 73.8 Å². The summed E-state index contributed by atoms with van der Waals surface area (Å²) in [6.45, 7) is -0.0959. The molecule has 0 saturated carbocycles. The number of carbonyl (C=O) groups excluding carboxylic acids is 1. The molecular formula is C14H9BrN2O4. The van der Waals surface area contributed by atoms with Gasteiger partial charge in [-0.2, -0.15) is 0 Å². The zero-order valence-electron chi connectivity index (χ0n) is 10.7. The first-order valence-electron chi connectivity index (χ1n) is 6.02. The van der Waals surface area contributed by atoms with Crippen molar-refractivity contribution >= 4 is 27.5 Å². The minimum absolute atomic E-state index is 0.0959. The third kappa shape index (κ3) is 2.87. The highest BCUT2D eigenvalue weighted by Gasteiger charge is 2.11. The lowest BCUT2D eigenvalue weighted by Gasteiger charge is -2.05. The van der Waals surface area contributed by atoms with Crippen molar-refractivity contribution in [3.8, 4) is 0 Å². The van der Waals surface area contributed by atoms with Crippen molar-refractivity contribution in [2.24, 2.45) is 0 Å². The van der Waals surface area contributed by atoms with Gasteiger partial charge in [-0.05, 0) is 40.2 Å². The normalized spacial score (nSPS) is 10.7. The zero-order valence-corrected chi connectivity index (χ0v) is 12.2. The van der Waals surface area contributed by atoms with E-state index in [1.807, 2.05) is 0 Å². The maximum absolute atomic E-state index is 12.0. The molecule has 3 aromatic heterocycles. The van der Waals surface area contributed by atoms with E-state index < -0.39 is 5.97 Å². The summed E-state index contributed by atoms with van der Waals surface area (Å²) in [5.74, 6) is -0.491. The largest absolute Gasteiger partial charge is 0.457 e. The second-order valence-electron chi connectivity index (χ2n) is 4.21. The Bertz CT molecular complexity index is 855. The number of esters is 1. The van der Waals surface area contributed by atoms with E-state index in [1.165, 1.54) is 22.8 Å². The summed E-state index contributed by atoms with van der Waals surface area (Å²) < 4.78 is 12.2. The van der Waals surface area contributed by atoms with Crippen LogP contribution in [0.3, 0.4) is 0 Å². The van der Waals surface area contributed by atoms with Crippen LogP contribution in [-0.2, 0) is 11.3 Å². The monoisotopic (exact) mass is 348 g/mol. The summed E-state index contributed by atoms with van der Waals surface area (Å²) in [5, 5.41) is 0. The third-order valence-electron chi connectivity index (χ3n) is 2.75. The molecule has 0 aliphatic carbocycles. The molecule has 0 aliphatic heterocycles. The van der Waals surface area contributed by atoms with Crippen LogP contribution in [0.4, 0.5) is 0 Å². The predicted octanol–water partition coefficient (Wildman–Crippen LogP) is 2.41. The number of ether oxygens (including phenoxy) is 1. The molecule has 0 radical (unpaired) electrons. The maximum atomic E-state index is 12.0. The standard InChI is InChI=1S/C14H9BrN2O4/c15-9-3-4-12-16-10(6-13(18)17(12)7-9)8-21-14(19)11-2-1-5-20-11/h1-7H,8H2. The highest BCUT2D eigenvalue weighted by molar-refractivity contribution is 9.10. The van der Waals surface area contributed by atoms with E-state index >= 15 is 0 Å². The van der Waals surface area contributed by atoms with Gasteiger partial charge in [-0.25, -0.2) is 9.78 Å². The van der Waals surface area contributed by atoms with Crippen LogP contribution in [0, 0.1) is 0 Å². The molecule has 0 unspecified atom stereocenters. The van der Waals surface area contributed by atoms with Crippen LogP contribution in [0.5, 0.6) is 0 Å². The maximum Gasteiger partial charge on any atom is 0.374 e. The summed E-state index contributed by atoms with van der Waals surface area (Å²) >= 11 is 3.29. The molecule has 3 heterocycles. The van der Waals surface area contributed by atoms with Crippen molar-refractivity contribution in [3.63, 3.8) is 0 Å². The number of rotatable bonds is 3. The molecule has 0 fully saturated rings. The van der Waals surface area contributed by atoms with Crippen LogP contribution < -0.4 is 5.56 Å². The van der Waals surface area contributed by atoms with Gasteiger partial charge in [0.2, 0.25) is 5.76 Å². The second-order valence-corrected chi connectivity index (χ2v) is 5.13. The van der Waals surface area contributed by atoms with Gasteiger partial charge in [-0.1, -0.05) is 0 Å². The van der Waals surface area contributed by atoms with E-state index in [-0.39, 0.29) is 17.9 Å². The van der Waals surface area contributed by atoms with Crippen molar-refractivity contribution in [1.29, 1.82) is 0 Å². The zero-order chi connectivity index (χ0) is 14.8. The van der Waals surface area contributed by atoms with Gasteiger partial charge in [0.05, 0.1) is 12.0 Å². The molecule has 0 atom stereocenters. The SMILES string of the molecule is O=C(OCc1cc(=O)n2cc(Br)ccc2n1)c1ccco1. The molecule has 3 rings (SSSR count). The fourth-order valence-corrected chi connectivity index (χ4v) is 2.14. The van der Waals surface area contributed by atoms with E-state index in [0.29, 0.717) is 11.3 Å². The smallest absolute Gasteiger partial charge is 0.374 e. The number of hydrogen-bond acceptors (Lipinski definition) is 5. The first kappa shape index (κ1) is 13.6. The predicted molar refractivity (Wildman–Crippen MR) is 77.0 cm³/mol. The summed E-state index contributed by atoms with van der Waals surface area (Å²) in [4.78, 5) is 27.9. The quantitative estimate of drug-likeness (QED) is 0.679.